The largest absolute Gasteiger partial charge is 0.507 e. The quantitative estimate of drug-likeness (QED) is 0.706. The second-order valence-corrected chi connectivity index (χ2v) is 3.60. The molecular formula is C12H17NO. The van der Waals surface area contributed by atoms with Crippen LogP contribution >= 0.6 is 0 Å². The number of unbranched alkanes of at least 4 members (excludes halogenated alkanes) is 1. The van der Waals surface area contributed by atoms with E-state index in [9.17, 15) is 5.11 Å². The Hall–Kier alpha value is -1.31. The summed E-state index contributed by atoms with van der Waals surface area (Å²) in [6.07, 6.45) is 4.55. The molecule has 2 nitrogen and oxygen atoms in total. The lowest BCUT2D eigenvalue weighted by Gasteiger charge is -2.07. The summed E-state index contributed by atoms with van der Waals surface area (Å²) < 4.78 is 0. The SMILES string of the molecule is CCCCc1cc(C)c(O)c(C=N)c1. The van der Waals surface area contributed by atoms with Gasteiger partial charge in [0.15, 0.2) is 0 Å². The Morgan fingerprint density at radius 3 is 2.71 bits per heavy atom. The monoisotopic (exact) mass is 191 g/mol. The smallest absolute Gasteiger partial charge is 0.127 e. The molecule has 0 heterocycles. The van der Waals surface area contributed by atoms with E-state index in [1.165, 1.54) is 18.2 Å². The lowest BCUT2D eigenvalue weighted by molar-refractivity contribution is 0.470. The van der Waals surface area contributed by atoms with Gasteiger partial charge in [0.05, 0.1) is 0 Å². The average molecular weight is 191 g/mol. The zero-order valence-electron chi connectivity index (χ0n) is 8.80. The van der Waals surface area contributed by atoms with E-state index in [-0.39, 0.29) is 5.75 Å². The molecule has 2 N–H and O–H groups in total. The number of phenolic OH excluding ortho intramolecular Hbond substituents is 1. The van der Waals surface area contributed by atoms with Crippen LogP contribution in [0.15, 0.2) is 12.1 Å². The fourth-order valence-electron chi connectivity index (χ4n) is 1.52. The maximum absolute atomic E-state index is 9.60. The first-order valence-corrected chi connectivity index (χ1v) is 5.02. The van der Waals surface area contributed by atoms with E-state index in [1.54, 1.807) is 0 Å². The molecule has 1 rings (SSSR count). The van der Waals surface area contributed by atoms with Crippen molar-refractivity contribution in [2.24, 2.45) is 0 Å². The molecule has 0 fully saturated rings. The average Bonchev–Trinajstić information content (AvgIpc) is 2.19. The number of aryl methyl sites for hydroxylation is 2. The lowest BCUT2D eigenvalue weighted by Crippen LogP contribution is -1.91. The maximum Gasteiger partial charge on any atom is 0.127 e. The first-order chi connectivity index (χ1) is 6.69. The second-order valence-electron chi connectivity index (χ2n) is 3.60. The molecule has 0 atom stereocenters. The van der Waals surface area contributed by atoms with Crippen LogP contribution in [-0.4, -0.2) is 11.3 Å². The first-order valence-electron chi connectivity index (χ1n) is 5.02. The number of rotatable bonds is 4. The van der Waals surface area contributed by atoms with Crippen LogP contribution < -0.4 is 0 Å². The van der Waals surface area contributed by atoms with Crippen molar-refractivity contribution in [2.75, 3.05) is 0 Å². The maximum atomic E-state index is 9.60. The van der Waals surface area contributed by atoms with Crippen LogP contribution in [0.2, 0.25) is 0 Å². The molecule has 0 saturated carbocycles. The fourth-order valence-corrected chi connectivity index (χ4v) is 1.52. The van der Waals surface area contributed by atoms with Crippen LogP contribution in [0, 0.1) is 12.3 Å². The third kappa shape index (κ3) is 2.34. The summed E-state index contributed by atoms with van der Waals surface area (Å²) in [5.41, 5.74) is 2.69. The predicted octanol–water partition coefficient (Wildman–Crippen LogP) is 3.04. The number of hydrogen-bond donors (Lipinski definition) is 2. The van der Waals surface area contributed by atoms with Gasteiger partial charge in [-0.15, -0.1) is 0 Å². The molecule has 0 saturated heterocycles. The van der Waals surface area contributed by atoms with Crippen molar-refractivity contribution in [3.05, 3.63) is 28.8 Å². The van der Waals surface area contributed by atoms with Gasteiger partial charge in [-0.2, -0.15) is 0 Å². The van der Waals surface area contributed by atoms with Crippen LogP contribution in [0.1, 0.15) is 36.5 Å². The van der Waals surface area contributed by atoms with Crippen LogP contribution in [0.3, 0.4) is 0 Å². The van der Waals surface area contributed by atoms with Crippen LogP contribution in [0.5, 0.6) is 5.75 Å². The van der Waals surface area contributed by atoms with Crippen molar-refractivity contribution in [2.45, 2.75) is 33.1 Å². The summed E-state index contributed by atoms with van der Waals surface area (Å²) in [6.45, 7) is 4.03. The van der Waals surface area contributed by atoms with Crippen molar-refractivity contribution in [3.63, 3.8) is 0 Å². The highest BCUT2D eigenvalue weighted by Crippen LogP contribution is 2.23. The standard InChI is InChI=1S/C12H17NO/c1-3-4-5-10-6-9(2)12(14)11(7-10)8-13/h6-8,13-14H,3-5H2,1-2H3. The molecule has 0 aliphatic rings. The van der Waals surface area contributed by atoms with Gasteiger partial charge in [0.1, 0.15) is 5.75 Å². The summed E-state index contributed by atoms with van der Waals surface area (Å²) in [6, 6.07) is 3.89. The van der Waals surface area contributed by atoms with Crippen molar-refractivity contribution in [3.8, 4) is 5.75 Å². The third-order valence-electron chi connectivity index (χ3n) is 2.36. The molecule has 2 heteroatoms. The highest BCUT2D eigenvalue weighted by molar-refractivity contribution is 5.82. The number of hydrogen-bond acceptors (Lipinski definition) is 2. The Bertz CT molecular complexity index is 331. The summed E-state index contributed by atoms with van der Waals surface area (Å²) in [7, 11) is 0. The van der Waals surface area contributed by atoms with Crippen LogP contribution in [0.4, 0.5) is 0 Å². The Balaban J connectivity index is 2.97. The van der Waals surface area contributed by atoms with E-state index < -0.39 is 0 Å². The van der Waals surface area contributed by atoms with Crippen molar-refractivity contribution in [1.82, 2.24) is 0 Å². The van der Waals surface area contributed by atoms with Gasteiger partial charge < -0.3 is 10.5 Å². The highest BCUT2D eigenvalue weighted by atomic mass is 16.3. The first kappa shape index (κ1) is 10.8. The topological polar surface area (TPSA) is 44.1 Å². The summed E-state index contributed by atoms with van der Waals surface area (Å²) in [4.78, 5) is 0. The van der Waals surface area contributed by atoms with Gasteiger partial charge in [-0.05, 0) is 37.0 Å². The molecule has 1 aromatic rings. The molecule has 0 unspecified atom stereocenters. The minimum Gasteiger partial charge on any atom is -0.507 e. The summed E-state index contributed by atoms with van der Waals surface area (Å²) >= 11 is 0. The van der Waals surface area contributed by atoms with Gasteiger partial charge in [-0.1, -0.05) is 19.4 Å². The molecule has 0 aliphatic heterocycles. The van der Waals surface area contributed by atoms with Gasteiger partial charge in [-0.25, -0.2) is 0 Å². The Morgan fingerprint density at radius 1 is 1.43 bits per heavy atom. The molecule has 0 spiro atoms. The number of nitrogens with one attached hydrogen (secondary N) is 1. The van der Waals surface area contributed by atoms with Gasteiger partial charge in [-0.3, -0.25) is 0 Å². The normalized spacial score (nSPS) is 10.1. The number of phenols is 1. The molecule has 0 amide bonds. The molecule has 0 radical (unpaired) electrons. The Kier molecular flexibility index (Phi) is 3.69. The zero-order valence-corrected chi connectivity index (χ0v) is 8.80. The van der Waals surface area contributed by atoms with Crippen molar-refractivity contribution in [1.29, 1.82) is 5.41 Å². The Morgan fingerprint density at radius 2 is 2.14 bits per heavy atom. The minimum absolute atomic E-state index is 0.236. The van der Waals surface area contributed by atoms with Crippen LogP contribution in [0.25, 0.3) is 0 Å². The van der Waals surface area contributed by atoms with Crippen molar-refractivity contribution < 1.29 is 5.11 Å². The van der Waals surface area contributed by atoms with E-state index in [0.717, 1.165) is 18.4 Å². The van der Waals surface area contributed by atoms with E-state index in [2.05, 4.69) is 6.92 Å². The van der Waals surface area contributed by atoms with E-state index in [0.29, 0.717) is 5.56 Å². The number of benzene rings is 1. The molecule has 76 valence electrons. The predicted molar refractivity (Wildman–Crippen MR) is 59.3 cm³/mol. The van der Waals surface area contributed by atoms with Gasteiger partial charge in [0, 0.05) is 11.8 Å². The number of aromatic hydroxyl groups is 1. The van der Waals surface area contributed by atoms with E-state index in [1.807, 2.05) is 19.1 Å². The molecule has 0 aromatic heterocycles. The Labute approximate surface area is 85.1 Å². The lowest BCUT2D eigenvalue weighted by atomic mass is 10.0. The van der Waals surface area contributed by atoms with E-state index >= 15 is 0 Å². The van der Waals surface area contributed by atoms with Gasteiger partial charge >= 0.3 is 0 Å². The minimum atomic E-state index is 0.236. The highest BCUT2D eigenvalue weighted by Gasteiger charge is 2.04. The third-order valence-corrected chi connectivity index (χ3v) is 2.36. The zero-order chi connectivity index (χ0) is 10.6. The molecule has 14 heavy (non-hydrogen) atoms. The summed E-state index contributed by atoms with van der Waals surface area (Å²) in [5.74, 6) is 0.236. The molecule has 0 bridgehead atoms. The molecular weight excluding hydrogens is 174 g/mol. The van der Waals surface area contributed by atoms with Crippen molar-refractivity contribution >= 4 is 6.21 Å². The molecule has 1 aromatic carbocycles. The van der Waals surface area contributed by atoms with Gasteiger partial charge in [0.2, 0.25) is 0 Å². The summed E-state index contributed by atoms with van der Waals surface area (Å²) in [5, 5.41) is 16.8. The van der Waals surface area contributed by atoms with Gasteiger partial charge in [0.25, 0.3) is 0 Å². The molecule has 0 aliphatic carbocycles. The second kappa shape index (κ2) is 4.80. The fraction of sp³-hybridized carbons (Fsp3) is 0.417. The van der Waals surface area contributed by atoms with E-state index in [4.69, 9.17) is 5.41 Å². The van der Waals surface area contributed by atoms with Crippen LogP contribution in [-0.2, 0) is 6.42 Å².